The summed E-state index contributed by atoms with van der Waals surface area (Å²) in [4.78, 5) is 13.9. The Balaban J connectivity index is 1.82. The smallest absolute Gasteiger partial charge is 0.312 e. The Morgan fingerprint density at radius 1 is 1.27 bits per heavy atom. The van der Waals surface area contributed by atoms with E-state index in [2.05, 4.69) is 10.2 Å². The summed E-state index contributed by atoms with van der Waals surface area (Å²) in [6, 6.07) is 6.15. The van der Waals surface area contributed by atoms with Crippen LogP contribution in [0.2, 0.25) is 0 Å². The second kappa shape index (κ2) is 5.09. The number of anilines is 2. The van der Waals surface area contributed by atoms with Crippen molar-refractivity contribution in [2.45, 2.75) is 17.2 Å². The summed E-state index contributed by atoms with van der Waals surface area (Å²) < 4.78 is 28.1. The molecule has 0 unspecified atom stereocenters. The van der Waals surface area contributed by atoms with Crippen LogP contribution in [-0.2, 0) is 14.6 Å². The van der Waals surface area contributed by atoms with E-state index in [0.717, 1.165) is 6.26 Å². The Labute approximate surface area is 126 Å². The van der Waals surface area contributed by atoms with Gasteiger partial charge in [0.05, 0.1) is 10.8 Å². The number of sulfone groups is 1. The first-order chi connectivity index (χ1) is 10.3. The molecule has 3 rings (SSSR count). The van der Waals surface area contributed by atoms with Crippen molar-refractivity contribution in [1.82, 2.24) is 10.2 Å². The minimum atomic E-state index is -3.26. The maximum atomic E-state index is 12.1. The first-order valence-electron chi connectivity index (χ1n) is 6.54. The normalized spacial score (nSPS) is 18.9. The second-order valence-electron chi connectivity index (χ2n) is 5.15. The van der Waals surface area contributed by atoms with E-state index >= 15 is 0 Å². The minimum absolute atomic E-state index is 0.0293. The summed E-state index contributed by atoms with van der Waals surface area (Å²) in [5.41, 5.74) is 6.02. The number of nitrogens with zero attached hydrogens (tertiary/aromatic N) is 3. The molecule has 1 aliphatic heterocycles. The molecule has 1 amide bonds. The number of nitrogens with two attached hydrogens (primary N) is 1. The van der Waals surface area contributed by atoms with E-state index in [-0.39, 0.29) is 29.2 Å². The van der Waals surface area contributed by atoms with Crippen molar-refractivity contribution in [2.24, 2.45) is 0 Å². The number of carbonyl (C=O) groups excluding carboxylic acids is 1. The average molecular weight is 322 g/mol. The molecule has 8 nitrogen and oxygen atoms in total. The van der Waals surface area contributed by atoms with E-state index in [0.29, 0.717) is 18.1 Å². The van der Waals surface area contributed by atoms with Crippen LogP contribution in [-0.4, -0.2) is 37.3 Å². The zero-order valence-electron chi connectivity index (χ0n) is 11.8. The molecule has 1 aliphatic rings. The molecule has 0 radical (unpaired) electrons. The van der Waals surface area contributed by atoms with Crippen molar-refractivity contribution >= 4 is 27.4 Å². The van der Waals surface area contributed by atoms with Crippen LogP contribution < -0.4 is 10.6 Å². The number of hydrogen-bond donors (Lipinski definition) is 1. The highest BCUT2D eigenvalue weighted by atomic mass is 32.2. The second-order valence-corrected chi connectivity index (χ2v) is 7.17. The molecule has 0 spiro atoms. The molecule has 1 saturated heterocycles. The predicted molar refractivity (Wildman–Crippen MR) is 78.0 cm³/mol. The fraction of sp³-hybridized carbons (Fsp3) is 0.308. The Hall–Kier alpha value is -2.42. The molecular weight excluding hydrogens is 308 g/mol. The number of aromatic nitrogens is 2. The van der Waals surface area contributed by atoms with E-state index in [1.54, 1.807) is 17.0 Å². The Morgan fingerprint density at radius 2 is 1.95 bits per heavy atom. The van der Waals surface area contributed by atoms with Gasteiger partial charge in [0.2, 0.25) is 11.8 Å². The van der Waals surface area contributed by atoms with Crippen LogP contribution >= 0.6 is 0 Å². The molecule has 116 valence electrons. The van der Waals surface area contributed by atoms with Gasteiger partial charge in [0.15, 0.2) is 9.84 Å². The SMILES string of the molecule is CS(=O)(=O)c1ccc(N2C[C@H](c3nnc(N)o3)CC2=O)cc1. The molecule has 2 N–H and O–H groups in total. The Bertz CT molecular complexity index is 813. The zero-order chi connectivity index (χ0) is 15.9. The van der Waals surface area contributed by atoms with Crippen molar-refractivity contribution in [3.8, 4) is 0 Å². The number of amides is 1. The van der Waals surface area contributed by atoms with Crippen LogP contribution in [0.15, 0.2) is 33.6 Å². The van der Waals surface area contributed by atoms with Gasteiger partial charge in [-0.25, -0.2) is 8.42 Å². The fourth-order valence-corrected chi connectivity index (χ4v) is 3.04. The number of carbonyl (C=O) groups is 1. The first kappa shape index (κ1) is 14.5. The quantitative estimate of drug-likeness (QED) is 0.877. The van der Waals surface area contributed by atoms with E-state index in [1.165, 1.54) is 12.1 Å². The number of nitrogen functional groups attached to an aromatic ring is 1. The highest BCUT2D eigenvalue weighted by Crippen LogP contribution is 2.31. The zero-order valence-corrected chi connectivity index (χ0v) is 12.6. The van der Waals surface area contributed by atoms with E-state index < -0.39 is 9.84 Å². The van der Waals surface area contributed by atoms with E-state index in [9.17, 15) is 13.2 Å². The first-order valence-corrected chi connectivity index (χ1v) is 8.43. The summed E-state index contributed by atoms with van der Waals surface area (Å²) in [7, 11) is -3.26. The lowest BCUT2D eigenvalue weighted by Gasteiger charge is -2.16. The topological polar surface area (TPSA) is 119 Å². The van der Waals surface area contributed by atoms with Gasteiger partial charge in [-0.1, -0.05) is 5.10 Å². The number of hydrogen-bond acceptors (Lipinski definition) is 7. The summed E-state index contributed by atoms with van der Waals surface area (Å²) in [5.74, 6) is 0.0295. The third-order valence-electron chi connectivity index (χ3n) is 3.51. The molecule has 9 heteroatoms. The van der Waals surface area contributed by atoms with Gasteiger partial charge in [-0.05, 0) is 24.3 Å². The van der Waals surface area contributed by atoms with Gasteiger partial charge in [-0.3, -0.25) is 4.79 Å². The number of rotatable bonds is 3. The third-order valence-corrected chi connectivity index (χ3v) is 4.64. The van der Waals surface area contributed by atoms with Gasteiger partial charge in [0, 0.05) is 24.9 Å². The van der Waals surface area contributed by atoms with Crippen molar-refractivity contribution in [2.75, 3.05) is 23.4 Å². The van der Waals surface area contributed by atoms with Crippen molar-refractivity contribution in [3.63, 3.8) is 0 Å². The van der Waals surface area contributed by atoms with Crippen LogP contribution in [0.3, 0.4) is 0 Å². The van der Waals surface area contributed by atoms with Crippen molar-refractivity contribution in [1.29, 1.82) is 0 Å². The standard InChI is InChI=1S/C13H14N4O4S/c1-22(19,20)10-4-2-9(3-5-10)17-7-8(6-11(17)18)12-15-16-13(14)21-12/h2-5,8H,6-7H2,1H3,(H2,14,16)/t8-/m1/s1. The largest absolute Gasteiger partial charge is 0.408 e. The fourth-order valence-electron chi connectivity index (χ4n) is 2.41. The lowest BCUT2D eigenvalue weighted by Crippen LogP contribution is -2.24. The highest BCUT2D eigenvalue weighted by Gasteiger charge is 2.34. The van der Waals surface area contributed by atoms with E-state index in [4.69, 9.17) is 10.2 Å². The maximum absolute atomic E-state index is 12.1. The van der Waals surface area contributed by atoms with Crippen molar-refractivity contribution < 1.29 is 17.6 Å². The van der Waals surface area contributed by atoms with E-state index in [1.807, 2.05) is 0 Å². The van der Waals surface area contributed by atoms with Gasteiger partial charge >= 0.3 is 6.01 Å². The van der Waals surface area contributed by atoms with Crippen molar-refractivity contribution in [3.05, 3.63) is 30.2 Å². The van der Waals surface area contributed by atoms with Gasteiger partial charge in [0.25, 0.3) is 0 Å². The third kappa shape index (κ3) is 2.67. The summed E-state index contributed by atoms with van der Waals surface area (Å²) in [5, 5.41) is 7.39. The molecule has 2 aromatic rings. The monoisotopic (exact) mass is 322 g/mol. The molecule has 0 bridgehead atoms. The summed E-state index contributed by atoms with van der Waals surface area (Å²) in [6.07, 6.45) is 1.38. The summed E-state index contributed by atoms with van der Waals surface area (Å²) >= 11 is 0. The lowest BCUT2D eigenvalue weighted by atomic mass is 10.1. The van der Waals surface area contributed by atoms with Crippen LogP contribution in [0.5, 0.6) is 0 Å². The predicted octanol–water partition coefficient (Wildman–Crippen LogP) is 0.576. The van der Waals surface area contributed by atoms with Crippen LogP contribution in [0.25, 0.3) is 0 Å². The van der Waals surface area contributed by atoms with Crippen LogP contribution in [0.1, 0.15) is 18.2 Å². The maximum Gasteiger partial charge on any atom is 0.312 e. The minimum Gasteiger partial charge on any atom is -0.408 e. The van der Waals surface area contributed by atoms with Gasteiger partial charge < -0.3 is 15.1 Å². The average Bonchev–Trinajstić information content (AvgIpc) is 3.04. The molecule has 1 aromatic heterocycles. The van der Waals surface area contributed by atoms with Gasteiger partial charge in [0.1, 0.15) is 0 Å². The molecule has 22 heavy (non-hydrogen) atoms. The summed E-state index contributed by atoms with van der Waals surface area (Å²) in [6.45, 7) is 0.388. The Morgan fingerprint density at radius 3 is 2.50 bits per heavy atom. The lowest BCUT2D eigenvalue weighted by molar-refractivity contribution is -0.117. The molecule has 1 aromatic carbocycles. The molecule has 1 atom stereocenters. The highest BCUT2D eigenvalue weighted by molar-refractivity contribution is 7.90. The Kier molecular flexibility index (Phi) is 3.36. The molecule has 0 saturated carbocycles. The van der Waals surface area contributed by atoms with Gasteiger partial charge in [-0.15, -0.1) is 5.10 Å². The van der Waals surface area contributed by atoms with Crippen LogP contribution in [0.4, 0.5) is 11.7 Å². The number of benzene rings is 1. The molecular formula is C13H14N4O4S. The molecule has 2 heterocycles. The molecule has 0 aliphatic carbocycles. The van der Waals surface area contributed by atoms with Gasteiger partial charge in [-0.2, -0.15) is 0 Å². The molecule has 1 fully saturated rings. The van der Waals surface area contributed by atoms with Crippen LogP contribution in [0, 0.1) is 0 Å².